The van der Waals surface area contributed by atoms with Gasteiger partial charge in [0, 0.05) is 0 Å². The van der Waals surface area contributed by atoms with E-state index in [0.29, 0.717) is 6.04 Å². The first-order chi connectivity index (χ1) is 4.43. The molecule has 0 aliphatic heterocycles. The van der Waals surface area contributed by atoms with Crippen molar-refractivity contribution in [2.24, 2.45) is 4.99 Å². The molecule has 0 N–H and O–H groups in total. The van der Waals surface area contributed by atoms with Gasteiger partial charge < -0.3 is 0 Å². The third kappa shape index (κ3) is 2.45. The predicted molar refractivity (Wildman–Crippen MR) is 34.3 cm³/mol. The van der Waals surface area contributed by atoms with Crippen molar-refractivity contribution in [3.63, 3.8) is 0 Å². The van der Waals surface area contributed by atoms with Gasteiger partial charge in [0.05, 0.1) is 0 Å². The van der Waals surface area contributed by atoms with Crippen LogP contribution in [0.25, 0.3) is 0 Å². The van der Waals surface area contributed by atoms with E-state index in [9.17, 15) is 0 Å². The Morgan fingerprint density at radius 3 is 2.44 bits per heavy atom. The van der Waals surface area contributed by atoms with Gasteiger partial charge in [0.1, 0.15) is 0 Å². The Balaban J connectivity index is 2.31. The second kappa shape index (κ2) is 4.00. The average Bonchev–Trinajstić information content (AvgIpc) is 1.91. The van der Waals surface area contributed by atoms with E-state index in [1.807, 2.05) is 0 Å². The fourth-order valence-corrected chi connectivity index (χ4v) is 1.49. The Labute approximate surface area is 63.9 Å². The standard InChI is InChI=1S/C7H11N.Mn/c1-8-7-5-3-2-4-6-7;/h7H,2-6H2;. The van der Waals surface area contributed by atoms with Gasteiger partial charge in [-0.05, 0) is 0 Å². The van der Waals surface area contributed by atoms with E-state index in [1.165, 1.54) is 32.1 Å². The van der Waals surface area contributed by atoms with Crippen molar-refractivity contribution in [1.82, 2.24) is 0 Å². The summed E-state index contributed by atoms with van der Waals surface area (Å²) in [6, 6.07) is 0.568. The summed E-state index contributed by atoms with van der Waals surface area (Å²) in [4.78, 5) is 4.15. The molecule has 0 amide bonds. The van der Waals surface area contributed by atoms with Crippen molar-refractivity contribution in [1.29, 1.82) is 0 Å². The first-order valence-electron chi connectivity index (χ1n) is 3.49. The number of hydrogen-bond donors (Lipinski definition) is 0. The molecule has 1 nitrogen and oxygen atoms in total. The van der Waals surface area contributed by atoms with Crippen LogP contribution in [0, 0.1) is 0 Å². The van der Waals surface area contributed by atoms with Crippen LogP contribution in [0.5, 0.6) is 0 Å². The maximum absolute atomic E-state index is 4.15. The molecule has 51 valence electrons. The minimum atomic E-state index is 0.568. The molecule has 0 heterocycles. The summed E-state index contributed by atoms with van der Waals surface area (Å²) in [5.41, 5.74) is 0. The van der Waals surface area contributed by atoms with Crippen LogP contribution < -0.4 is 0 Å². The van der Waals surface area contributed by atoms with Gasteiger partial charge in [-0.3, -0.25) is 0 Å². The first-order valence-corrected chi connectivity index (χ1v) is 4.08. The molecule has 0 radical (unpaired) electrons. The third-order valence-corrected chi connectivity index (χ3v) is 1.96. The molecule has 0 saturated heterocycles. The van der Waals surface area contributed by atoms with Crippen LogP contribution in [0.3, 0.4) is 0 Å². The van der Waals surface area contributed by atoms with Crippen LogP contribution in [0.4, 0.5) is 0 Å². The molecule has 9 heavy (non-hydrogen) atoms. The summed E-state index contributed by atoms with van der Waals surface area (Å²) in [7, 11) is 0. The average molecular weight is 164 g/mol. The zero-order valence-corrected chi connectivity index (χ0v) is 6.62. The number of aliphatic imine (C=N–C) groups is 1. The van der Waals surface area contributed by atoms with E-state index in [2.05, 4.69) is 25.3 Å². The van der Waals surface area contributed by atoms with Crippen LogP contribution in [-0.4, -0.2) is 10.8 Å². The van der Waals surface area contributed by atoms with Gasteiger partial charge in [0.2, 0.25) is 0 Å². The number of nitrogens with zero attached hydrogens (tertiary/aromatic N) is 1. The Morgan fingerprint density at radius 2 is 1.89 bits per heavy atom. The van der Waals surface area contributed by atoms with Crippen LogP contribution in [0.15, 0.2) is 4.99 Å². The fraction of sp³-hybridized carbons (Fsp3) is 0.857. The van der Waals surface area contributed by atoms with Crippen molar-refractivity contribution < 1.29 is 15.6 Å². The third-order valence-electron chi connectivity index (χ3n) is 1.81. The summed E-state index contributed by atoms with van der Waals surface area (Å²) in [6.45, 7) is 0. The van der Waals surface area contributed by atoms with E-state index < -0.39 is 0 Å². The van der Waals surface area contributed by atoms with Crippen molar-refractivity contribution in [2.45, 2.75) is 38.1 Å². The Kier molecular flexibility index (Phi) is 3.21. The van der Waals surface area contributed by atoms with Crippen molar-refractivity contribution in [3.05, 3.63) is 0 Å². The van der Waals surface area contributed by atoms with Gasteiger partial charge in [-0.2, -0.15) is 0 Å². The molecule has 1 aliphatic rings. The Bertz CT molecular complexity index is 121. The van der Waals surface area contributed by atoms with Gasteiger partial charge in [0.25, 0.3) is 0 Å². The molecule has 0 unspecified atom stereocenters. The molecule has 0 aromatic carbocycles. The summed E-state index contributed by atoms with van der Waals surface area (Å²) < 4.78 is 2.67. The monoisotopic (exact) mass is 164 g/mol. The molecule has 0 spiro atoms. The zero-order valence-electron chi connectivity index (χ0n) is 5.44. The topological polar surface area (TPSA) is 12.4 Å². The van der Waals surface area contributed by atoms with Crippen molar-refractivity contribution >= 4 is 4.71 Å². The molecule has 0 bridgehead atoms. The SMILES string of the molecule is [Mn]=[C]=NC1CCCCC1. The first kappa shape index (κ1) is 7.21. The molecule has 1 rings (SSSR count). The summed E-state index contributed by atoms with van der Waals surface area (Å²) in [5.74, 6) is 0. The molecular formula is C7H11MnN. The second-order valence-electron chi connectivity index (χ2n) is 2.51. The van der Waals surface area contributed by atoms with E-state index in [-0.39, 0.29) is 0 Å². The van der Waals surface area contributed by atoms with Gasteiger partial charge in [-0.15, -0.1) is 0 Å². The van der Waals surface area contributed by atoms with Gasteiger partial charge >= 0.3 is 63.4 Å². The number of rotatable bonds is 1. The Morgan fingerprint density at radius 1 is 1.22 bits per heavy atom. The fourth-order valence-electron chi connectivity index (χ4n) is 1.28. The quantitative estimate of drug-likeness (QED) is 0.413. The maximum atomic E-state index is 4.15. The van der Waals surface area contributed by atoms with E-state index in [4.69, 9.17) is 0 Å². The van der Waals surface area contributed by atoms with Crippen molar-refractivity contribution in [2.75, 3.05) is 0 Å². The van der Waals surface area contributed by atoms with Crippen LogP contribution >= 0.6 is 0 Å². The van der Waals surface area contributed by atoms with Crippen molar-refractivity contribution in [3.8, 4) is 0 Å². The molecule has 0 aromatic heterocycles. The Hall–Kier alpha value is 0.0995. The molecule has 1 fully saturated rings. The van der Waals surface area contributed by atoms with Gasteiger partial charge in [-0.1, -0.05) is 0 Å². The molecule has 2 heteroatoms. The summed E-state index contributed by atoms with van der Waals surface area (Å²) in [5, 5.41) is 0. The van der Waals surface area contributed by atoms with Crippen LogP contribution in [0.2, 0.25) is 0 Å². The predicted octanol–water partition coefficient (Wildman–Crippen LogP) is 1.77. The molecular weight excluding hydrogens is 153 g/mol. The number of hydrogen-bond acceptors (Lipinski definition) is 1. The summed E-state index contributed by atoms with van der Waals surface area (Å²) in [6.07, 6.45) is 6.62. The van der Waals surface area contributed by atoms with E-state index >= 15 is 0 Å². The van der Waals surface area contributed by atoms with E-state index in [1.54, 1.807) is 0 Å². The zero-order chi connectivity index (χ0) is 6.53. The van der Waals surface area contributed by atoms with Crippen LogP contribution in [0.1, 0.15) is 32.1 Å². The second-order valence-corrected chi connectivity index (χ2v) is 2.77. The van der Waals surface area contributed by atoms with Gasteiger partial charge in [-0.25, -0.2) is 0 Å². The molecule has 0 atom stereocenters. The molecule has 1 saturated carbocycles. The van der Waals surface area contributed by atoms with E-state index in [0.717, 1.165) is 0 Å². The molecule has 1 aliphatic carbocycles. The summed E-state index contributed by atoms with van der Waals surface area (Å²) >= 11 is 3.07. The normalized spacial score (nSPS) is 20.9. The van der Waals surface area contributed by atoms with Gasteiger partial charge in [0.15, 0.2) is 0 Å². The van der Waals surface area contributed by atoms with Crippen LogP contribution in [-0.2, 0) is 15.6 Å². The molecule has 0 aromatic rings. The minimum absolute atomic E-state index is 0.568.